The highest BCUT2D eigenvalue weighted by molar-refractivity contribution is 5.58. The molecule has 0 radical (unpaired) electrons. The topological polar surface area (TPSA) is 38.5 Å². The second-order valence-electron chi connectivity index (χ2n) is 5.29. The summed E-state index contributed by atoms with van der Waals surface area (Å²) in [7, 11) is 1.65. The first kappa shape index (κ1) is 13.9. The average molecular weight is 286 g/mol. The van der Waals surface area contributed by atoms with Gasteiger partial charge in [0.25, 0.3) is 0 Å². The van der Waals surface area contributed by atoms with Crippen LogP contribution in [0.5, 0.6) is 5.75 Å². The van der Waals surface area contributed by atoms with Gasteiger partial charge >= 0.3 is 0 Å². The Morgan fingerprint density at radius 1 is 1.24 bits per heavy atom. The van der Waals surface area contributed by atoms with Gasteiger partial charge in [0.1, 0.15) is 11.6 Å². The fraction of sp³-hybridized carbons (Fsp3) is 0.294. The molecule has 0 aromatic heterocycles. The third-order valence-electron chi connectivity index (χ3n) is 3.98. The summed E-state index contributed by atoms with van der Waals surface area (Å²) >= 11 is 0. The molecule has 21 heavy (non-hydrogen) atoms. The van der Waals surface area contributed by atoms with Gasteiger partial charge in [-0.3, -0.25) is 0 Å². The Hall–Kier alpha value is -2.07. The third-order valence-corrected chi connectivity index (χ3v) is 3.98. The molecule has 2 aromatic carbocycles. The molecule has 0 amide bonds. The van der Waals surface area contributed by atoms with Crippen LogP contribution in [0.25, 0.3) is 0 Å². The van der Waals surface area contributed by atoms with Crippen LogP contribution in [0.15, 0.2) is 36.4 Å². The van der Waals surface area contributed by atoms with Gasteiger partial charge in [-0.05, 0) is 41.8 Å². The molecule has 0 fully saturated rings. The van der Waals surface area contributed by atoms with Gasteiger partial charge in [-0.1, -0.05) is 12.1 Å². The molecule has 110 valence electrons. The molecule has 0 aliphatic carbocycles. The second-order valence-corrected chi connectivity index (χ2v) is 5.29. The normalized spacial score (nSPS) is 13.4. The molecule has 0 saturated heterocycles. The summed E-state index contributed by atoms with van der Waals surface area (Å²) in [6.45, 7) is 2.12. The average Bonchev–Trinajstić information content (AvgIpc) is 2.89. The number of anilines is 1. The number of benzene rings is 2. The summed E-state index contributed by atoms with van der Waals surface area (Å²) in [6, 6.07) is 11.1. The molecule has 0 bridgehead atoms. The van der Waals surface area contributed by atoms with Crippen molar-refractivity contribution in [2.75, 3.05) is 18.6 Å². The smallest absolute Gasteiger partial charge is 0.125 e. The lowest BCUT2D eigenvalue weighted by Gasteiger charge is -2.20. The number of hydrogen-bond acceptors (Lipinski definition) is 3. The molecular formula is C17H19FN2O. The van der Waals surface area contributed by atoms with Crippen molar-refractivity contribution in [1.29, 1.82) is 0 Å². The minimum Gasteiger partial charge on any atom is -0.496 e. The largest absolute Gasteiger partial charge is 0.496 e. The van der Waals surface area contributed by atoms with Gasteiger partial charge in [-0.25, -0.2) is 4.39 Å². The van der Waals surface area contributed by atoms with Crippen LogP contribution in [-0.4, -0.2) is 13.7 Å². The lowest BCUT2D eigenvalue weighted by Crippen LogP contribution is -2.20. The number of hydrogen-bond donors (Lipinski definition) is 1. The molecule has 1 aliphatic rings. The lowest BCUT2D eigenvalue weighted by atomic mass is 10.1. The maximum absolute atomic E-state index is 13.4. The summed E-state index contributed by atoms with van der Waals surface area (Å²) in [5, 5.41) is 0. The highest BCUT2D eigenvalue weighted by Crippen LogP contribution is 2.30. The van der Waals surface area contributed by atoms with Crippen LogP contribution in [-0.2, 0) is 19.5 Å². The number of ether oxygens (including phenoxy) is 1. The Bertz CT molecular complexity index is 657. The zero-order valence-electron chi connectivity index (χ0n) is 12.1. The number of fused-ring (bicyclic) bond motifs is 1. The lowest BCUT2D eigenvalue weighted by molar-refractivity contribution is 0.409. The molecule has 0 spiro atoms. The van der Waals surface area contributed by atoms with Crippen LogP contribution >= 0.6 is 0 Å². The van der Waals surface area contributed by atoms with Crippen molar-refractivity contribution in [3.63, 3.8) is 0 Å². The van der Waals surface area contributed by atoms with Crippen molar-refractivity contribution in [3.8, 4) is 5.75 Å². The summed E-state index contributed by atoms with van der Waals surface area (Å²) in [6.07, 6.45) is 0.968. The maximum atomic E-state index is 13.4. The molecule has 3 rings (SSSR count). The molecule has 2 N–H and O–H groups in total. The van der Waals surface area contributed by atoms with Crippen molar-refractivity contribution in [1.82, 2.24) is 0 Å². The highest BCUT2D eigenvalue weighted by Gasteiger charge is 2.19. The molecular weight excluding hydrogens is 267 g/mol. The van der Waals surface area contributed by atoms with E-state index in [1.165, 1.54) is 11.6 Å². The van der Waals surface area contributed by atoms with E-state index in [0.717, 1.165) is 42.1 Å². The van der Waals surface area contributed by atoms with Crippen molar-refractivity contribution in [3.05, 3.63) is 58.9 Å². The molecule has 1 aliphatic heterocycles. The molecule has 0 saturated carbocycles. The van der Waals surface area contributed by atoms with Gasteiger partial charge in [-0.15, -0.1) is 0 Å². The Balaban J connectivity index is 1.84. The maximum Gasteiger partial charge on any atom is 0.125 e. The molecule has 2 aromatic rings. The van der Waals surface area contributed by atoms with Gasteiger partial charge in [0.2, 0.25) is 0 Å². The van der Waals surface area contributed by atoms with E-state index < -0.39 is 0 Å². The van der Waals surface area contributed by atoms with Gasteiger partial charge in [0, 0.05) is 30.9 Å². The van der Waals surface area contributed by atoms with Gasteiger partial charge in [0.15, 0.2) is 0 Å². The van der Waals surface area contributed by atoms with E-state index in [0.29, 0.717) is 6.54 Å². The predicted molar refractivity (Wildman–Crippen MR) is 82.0 cm³/mol. The van der Waals surface area contributed by atoms with E-state index in [9.17, 15) is 4.39 Å². The third kappa shape index (κ3) is 2.72. The summed E-state index contributed by atoms with van der Waals surface area (Å²) in [4.78, 5) is 2.21. The van der Waals surface area contributed by atoms with Crippen LogP contribution < -0.4 is 15.4 Å². The van der Waals surface area contributed by atoms with E-state index >= 15 is 0 Å². The first-order valence-electron chi connectivity index (χ1n) is 7.10. The molecule has 0 atom stereocenters. The van der Waals surface area contributed by atoms with Crippen LogP contribution in [0.1, 0.15) is 16.7 Å². The zero-order chi connectivity index (χ0) is 14.8. The van der Waals surface area contributed by atoms with Gasteiger partial charge < -0.3 is 15.4 Å². The molecule has 4 heteroatoms. The summed E-state index contributed by atoms with van der Waals surface area (Å²) in [5.41, 5.74) is 10.1. The summed E-state index contributed by atoms with van der Waals surface area (Å²) < 4.78 is 18.7. The fourth-order valence-electron chi connectivity index (χ4n) is 2.89. The SMILES string of the molecule is COc1ccc(CN2CCc3ccc(F)cc32)cc1CN. The zero-order valence-corrected chi connectivity index (χ0v) is 12.1. The van der Waals surface area contributed by atoms with Crippen LogP contribution in [0.2, 0.25) is 0 Å². The molecule has 1 heterocycles. The minimum absolute atomic E-state index is 0.182. The van der Waals surface area contributed by atoms with Crippen molar-refractivity contribution < 1.29 is 9.13 Å². The quantitative estimate of drug-likeness (QED) is 0.939. The Kier molecular flexibility index (Phi) is 3.80. The van der Waals surface area contributed by atoms with Crippen LogP contribution in [0.3, 0.4) is 0 Å². The number of nitrogens with zero attached hydrogens (tertiary/aromatic N) is 1. The first-order valence-corrected chi connectivity index (χ1v) is 7.10. The Morgan fingerprint density at radius 2 is 2.10 bits per heavy atom. The van der Waals surface area contributed by atoms with Crippen molar-refractivity contribution in [2.45, 2.75) is 19.5 Å². The van der Waals surface area contributed by atoms with Crippen molar-refractivity contribution >= 4 is 5.69 Å². The number of rotatable bonds is 4. The van der Waals surface area contributed by atoms with Crippen molar-refractivity contribution in [2.24, 2.45) is 5.73 Å². The number of nitrogens with two attached hydrogens (primary N) is 1. The first-order chi connectivity index (χ1) is 10.2. The number of methoxy groups -OCH3 is 1. The number of halogens is 1. The predicted octanol–water partition coefficient (Wildman–Crippen LogP) is 2.86. The molecule has 3 nitrogen and oxygen atoms in total. The molecule has 0 unspecified atom stereocenters. The second kappa shape index (κ2) is 5.74. The monoisotopic (exact) mass is 286 g/mol. The van der Waals surface area contributed by atoms with E-state index in [4.69, 9.17) is 10.5 Å². The van der Waals surface area contributed by atoms with E-state index in [-0.39, 0.29) is 5.82 Å². The van der Waals surface area contributed by atoms with E-state index in [2.05, 4.69) is 11.0 Å². The Morgan fingerprint density at radius 3 is 2.86 bits per heavy atom. The minimum atomic E-state index is -0.182. The summed E-state index contributed by atoms with van der Waals surface area (Å²) in [5.74, 6) is 0.632. The van der Waals surface area contributed by atoms with Gasteiger partial charge in [-0.2, -0.15) is 0 Å². The van der Waals surface area contributed by atoms with E-state index in [1.807, 2.05) is 18.2 Å². The fourth-order valence-corrected chi connectivity index (χ4v) is 2.89. The standard InChI is InChI=1S/C17H19FN2O/c1-21-17-5-2-12(8-14(17)10-19)11-20-7-6-13-3-4-15(18)9-16(13)20/h2-5,8-9H,6-7,10-11,19H2,1H3. The Labute approximate surface area is 124 Å². The van der Waals surface area contributed by atoms with Crippen LogP contribution in [0.4, 0.5) is 10.1 Å². The van der Waals surface area contributed by atoms with E-state index in [1.54, 1.807) is 13.2 Å². The van der Waals surface area contributed by atoms with Gasteiger partial charge in [0.05, 0.1) is 7.11 Å². The highest BCUT2D eigenvalue weighted by atomic mass is 19.1. The van der Waals surface area contributed by atoms with Crippen LogP contribution in [0, 0.1) is 5.82 Å².